The predicted molar refractivity (Wildman–Crippen MR) is 74.7 cm³/mol. The van der Waals surface area contributed by atoms with Gasteiger partial charge in [0.05, 0.1) is 16.3 Å². The van der Waals surface area contributed by atoms with Gasteiger partial charge in [-0.3, -0.25) is 9.59 Å². The van der Waals surface area contributed by atoms with Crippen LogP contribution in [0.3, 0.4) is 0 Å². The third kappa shape index (κ3) is 3.36. The summed E-state index contributed by atoms with van der Waals surface area (Å²) >= 11 is 3.11. The molecule has 2 unspecified atom stereocenters. The summed E-state index contributed by atoms with van der Waals surface area (Å²) < 4.78 is 13.4. The second-order valence-electron chi connectivity index (χ2n) is 4.92. The maximum atomic E-state index is 13.1. The van der Waals surface area contributed by atoms with Gasteiger partial charge in [0.1, 0.15) is 5.82 Å². The molecule has 0 heterocycles. The quantitative estimate of drug-likeness (QED) is 0.862. The number of hydrogen-bond donors (Lipinski definition) is 2. The standard InChI is InChI=1S/C14H15BrFNO3/c15-11-7-8(1-4-12(11)16)5-6-17-13(18)9-2-3-10(9)14(19)20/h1,4,7,9-10H,2-3,5-6H2,(H,17,18)(H,19,20). The Bertz CT molecular complexity index is 535. The van der Waals surface area contributed by atoms with Crippen molar-refractivity contribution in [3.63, 3.8) is 0 Å². The molecule has 20 heavy (non-hydrogen) atoms. The largest absolute Gasteiger partial charge is 0.481 e. The number of benzene rings is 1. The van der Waals surface area contributed by atoms with Gasteiger partial charge >= 0.3 is 5.97 Å². The number of amides is 1. The first-order valence-electron chi connectivity index (χ1n) is 6.43. The lowest BCUT2D eigenvalue weighted by atomic mass is 9.73. The molecule has 0 radical (unpaired) electrons. The van der Waals surface area contributed by atoms with Gasteiger partial charge in [-0.1, -0.05) is 6.07 Å². The molecule has 1 saturated carbocycles. The van der Waals surface area contributed by atoms with E-state index in [0.717, 1.165) is 5.56 Å². The molecule has 6 heteroatoms. The molecule has 1 amide bonds. The summed E-state index contributed by atoms with van der Waals surface area (Å²) in [6.45, 7) is 0.416. The van der Waals surface area contributed by atoms with Crippen molar-refractivity contribution in [3.8, 4) is 0 Å². The Labute approximate surface area is 124 Å². The smallest absolute Gasteiger partial charge is 0.307 e. The molecule has 1 aliphatic rings. The molecule has 0 bridgehead atoms. The third-order valence-electron chi connectivity index (χ3n) is 3.63. The van der Waals surface area contributed by atoms with Crippen LogP contribution in [0.25, 0.3) is 0 Å². The number of carbonyl (C=O) groups is 2. The highest BCUT2D eigenvalue weighted by Gasteiger charge is 2.41. The molecule has 1 aromatic carbocycles. The van der Waals surface area contributed by atoms with E-state index in [1.165, 1.54) is 6.07 Å². The molecule has 0 aromatic heterocycles. The first kappa shape index (κ1) is 15.0. The van der Waals surface area contributed by atoms with E-state index in [1.54, 1.807) is 12.1 Å². The highest BCUT2D eigenvalue weighted by molar-refractivity contribution is 9.10. The van der Waals surface area contributed by atoms with Crippen molar-refractivity contribution in [2.75, 3.05) is 6.54 Å². The Morgan fingerprint density at radius 2 is 2.05 bits per heavy atom. The fraction of sp³-hybridized carbons (Fsp3) is 0.429. The van der Waals surface area contributed by atoms with Crippen LogP contribution in [0.2, 0.25) is 0 Å². The number of carboxylic acid groups (broad SMARTS) is 1. The average molecular weight is 344 g/mol. The number of halogens is 2. The summed E-state index contributed by atoms with van der Waals surface area (Å²) in [4.78, 5) is 22.6. The molecule has 2 rings (SSSR count). The molecule has 1 aliphatic carbocycles. The minimum Gasteiger partial charge on any atom is -0.481 e. The molecule has 1 fully saturated rings. The van der Waals surface area contributed by atoms with Gasteiger partial charge in [0.25, 0.3) is 0 Å². The lowest BCUT2D eigenvalue weighted by Gasteiger charge is -2.31. The maximum absolute atomic E-state index is 13.1. The number of aliphatic carboxylic acids is 1. The number of rotatable bonds is 5. The summed E-state index contributed by atoms with van der Waals surface area (Å²) in [6.07, 6.45) is 1.78. The van der Waals surface area contributed by atoms with E-state index in [0.29, 0.717) is 30.3 Å². The Balaban J connectivity index is 1.79. The number of hydrogen-bond acceptors (Lipinski definition) is 2. The molecule has 2 atom stereocenters. The van der Waals surface area contributed by atoms with Crippen LogP contribution < -0.4 is 5.32 Å². The molecule has 108 valence electrons. The molecule has 0 spiro atoms. The third-order valence-corrected chi connectivity index (χ3v) is 4.23. The van der Waals surface area contributed by atoms with E-state index in [-0.39, 0.29) is 11.7 Å². The van der Waals surface area contributed by atoms with Crippen LogP contribution >= 0.6 is 15.9 Å². The van der Waals surface area contributed by atoms with E-state index < -0.39 is 17.8 Å². The molecule has 1 aromatic rings. The van der Waals surface area contributed by atoms with Gasteiger partial charge < -0.3 is 10.4 Å². The van der Waals surface area contributed by atoms with Crippen LogP contribution in [0.15, 0.2) is 22.7 Å². The van der Waals surface area contributed by atoms with Gasteiger partial charge in [-0.25, -0.2) is 4.39 Å². The summed E-state index contributed by atoms with van der Waals surface area (Å²) in [6, 6.07) is 4.70. The minimum atomic E-state index is -0.904. The lowest BCUT2D eigenvalue weighted by molar-refractivity contribution is -0.152. The van der Waals surface area contributed by atoms with Crippen LogP contribution in [0, 0.1) is 17.7 Å². The van der Waals surface area contributed by atoms with Crippen molar-refractivity contribution >= 4 is 27.8 Å². The highest BCUT2D eigenvalue weighted by atomic mass is 79.9. The first-order chi connectivity index (χ1) is 9.49. The number of carbonyl (C=O) groups excluding carboxylic acids is 1. The second kappa shape index (κ2) is 6.35. The van der Waals surface area contributed by atoms with Gasteiger partial charge in [0.2, 0.25) is 5.91 Å². The topological polar surface area (TPSA) is 66.4 Å². The highest BCUT2D eigenvalue weighted by Crippen LogP contribution is 2.34. The van der Waals surface area contributed by atoms with Crippen LogP contribution in [0.5, 0.6) is 0 Å². The number of carboxylic acids is 1. The van der Waals surface area contributed by atoms with Crippen LogP contribution in [0.4, 0.5) is 4.39 Å². The maximum Gasteiger partial charge on any atom is 0.307 e. The van der Waals surface area contributed by atoms with Crippen LogP contribution in [0.1, 0.15) is 18.4 Å². The van der Waals surface area contributed by atoms with E-state index in [2.05, 4.69) is 21.2 Å². The normalized spacial score (nSPS) is 21.1. The van der Waals surface area contributed by atoms with Crippen LogP contribution in [-0.4, -0.2) is 23.5 Å². The summed E-state index contributed by atoms with van der Waals surface area (Å²) in [5, 5.41) is 11.6. The molecular weight excluding hydrogens is 329 g/mol. The van der Waals surface area contributed by atoms with Crippen LogP contribution in [-0.2, 0) is 16.0 Å². The molecular formula is C14H15BrFNO3. The van der Waals surface area contributed by atoms with Gasteiger partial charge in [0, 0.05) is 6.54 Å². The monoisotopic (exact) mass is 343 g/mol. The SMILES string of the molecule is O=C(O)C1CCC1C(=O)NCCc1ccc(F)c(Br)c1. The Hall–Kier alpha value is -1.43. The van der Waals surface area contributed by atoms with Gasteiger partial charge in [-0.15, -0.1) is 0 Å². The summed E-state index contributed by atoms with van der Waals surface area (Å²) in [5.74, 6) is -2.39. The molecule has 4 nitrogen and oxygen atoms in total. The van der Waals surface area contributed by atoms with E-state index in [1.807, 2.05) is 0 Å². The summed E-state index contributed by atoms with van der Waals surface area (Å²) in [5.41, 5.74) is 0.905. The van der Waals surface area contributed by atoms with Crippen molar-refractivity contribution in [1.29, 1.82) is 0 Å². The van der Waals surface area contributed by atoms with Crippen molar-refractivity contribution in [1.82, 2.24) is 5.32 Å². The van der Waals surface area contributed by atoms with Gasteiger partial charge in [-0.2, -0.15) is 0 Å². The zero-order valence-electron chi connectivity index (χ0n) is 10.7. The van der Waals surface area contributed by atoms with Gasteiger partial charge in [-0.05, 0) is 52.9 Å². The summed E-state index contributed by atoms with van der Waals surface area (Å²) in [7, 11) is 0. The van der Waals surface area contributed by atoms with E-state index in [9.17, 15) is 14.0 Å². The predicted octanol–water partition coefficient (Wildman–Crippen LogP) is 2.36. The van der Waals surface area contributed by atoms with Crippen molar-refractivity contribution < 1.29 is 19.1 Å². The van der Waals surface area contributed by atoms with Crippen molar-refractivity contribution in [3.05, 3.63) is 34.1 Å². The number of nitrogens with one attached hydrogen (secondary N) is 1. The fourth-order valence-electron chi connectivity index (χ4n) is 2.27. The average Bonchev–Trinajstić information content (AvgIpc) is 2.31. The van der Waals surface area contributed by atoms with E-state index in [4.69, 9.17) is 5.11 Å². The molecule has 0 saturated heterocycles. The molecule has 2 N–H and O–H groups in total. The second-order valence-corrected chi connectivity index (χ2v) is 5.77. The zero-order chi connectivity index (χ0) is 14.7. The zero-order valence-corrected chi connectivity index (χ0v) is 12.3. The van der Waals surface area contributed by atoms with Crippen molar-refractivity contribution in [2.24, 2.45) is 11.8 Å². The van der Waals surface area contributed by atoms with Gasteiger partial charge in [0.15, 0.2) is 0 Å². The van der Waals surface area contributed by atoms with E-state index >= 15 is 0 Å². The Morgan fingerprint density at radius 1 is 1.35 bits per heavy atom. The first-order valence-corrected chi connectivity index (χ1v) is 7.23. The minimum absolute atomic E-state index is 0.204. The van der Waals surface area contributed by atoms with Crippen molar-refractivity contribution in [2.45, 2.75) is 19.3 Å². The Kier molecular flexibility index (Phi) is 4.75. The lowest BCUT2D eigenvalue weighted by Crippen LogP contribution is -2.44. The fourth-order valence-corrected chi connectivity index (χ4v) is 2.69. The Morgan fingerprint density at radius 3 is 2.60 bits per heavy atom. The molecule has 0 aliphatic heterocycles.